The van der Waals surface area contributed by atoms with Crippen LogP contribution in [0.15, 0.2) is 30.5 Å². The van der Waals surface area contributed by atoms with Gasteiger partial charge in [-0.3, -0.25) is 5.73 Å². The van der Waals surface area contributed by atoms with E-state index in [9.17, 15) is 0 Å². The van der Waals surface area contributed by atoms with E-state index in [2.05, 4.69) is 46.0 Å². The zero-order valence-corrected chi connectivity index (χ0v) is 14.1. The Balaban J connectivity index is 1.49. The molecule has 0 radical (unpaired) electrons. The molecule has 4 saturated heterocycles. The van der Waals surface area contributed by atoms with Gasteiger partial charge in [-0.25, -0.2) is 4.98 Å². The normalized spacial score (nSPS) is 35.2. The van der Waals surface area contributed by atoms with Crippen LogP contribution in [0.3, 0.4) is 0 Å². The summed E-state index contributed by atoms with van der Waals surface area (Å²) in [5.41, 5.74) is 7.52. The summed E-state index contributed by atoms with van der Waals surface area (Å²) in [6.07, 6.45) is 3.99. The van der Waals surface area contributed by atoms with Crippen LogP contribution in [0.1, 0.15) is 18.4 Å². The summed E-state index contributed by atoms with van der Waals surface area (Å²) >= 11 is 0. The first-order valence-electron chi connectivity index (χ1n) is 8.92. The number of nitrogens with zero attached hydrogens (tertiary/aromatic N) is 3. The van der Waals surface area contributed by atoms with Gasteiger partial charge < -0.3 is 14.5 Å². The number of fused-ring (bicyclic) bond motifs is 3. The fourth-order valence-electron chi connectivity index (χ4n) is 4.77. The molecule has 126 valence electrons. The van der Waals surface area contributed by atoms with E-state index >= 15 is 0 Å². The second kappa shape index (κ2) is 5.15. The molecule has 4 aliphatic rings. The summed E-state index contributed by atoms with van der Waals surface area (Å²) in [6.45, 7) is 6.39. The lowest BCUT2D eigenvalue weighted by Crippen LogP contribution is -2.61. The van der Waals surface area contributed by atoms with Crippen molar-refractivity contribution in [3.05, 3.63) is 36.0 Å². The SMILES string of the molecule is Cc1ccc2cnc(N3CC4(CN5CCC4CC5)OC3N)cc2c1. The van der Waals surface area contributed by atoms with Crippen LogP contribution >= 0.6 is 0 Å². The van der Waals surface area contributed by atoms with Gasteiger partial charge in [-0.05, 0) is 50.2 Å². The first kappa shape index (κ1) is 14.6. The van der Waals surface area contributed by atoms with Gasteiger partial charge in [0.2, 0.25) is 0 Å². The maximum atomic E-state index is 6.37. The molecular formula is C19H24N4O. The van der Waals surface area contributed by atoms with E-state index in [1.165, 1.54) is 36.9 Å². The van der Waals surface area contributed by atoms with Gasteiger partial charge >= 0.3 is 0 Å². The van der Waals surface area contributed by atoms with E-state index in [-0.39, 0.29) is 5.60 Å². The average molecular weight is 324 g/mol. The molecule has 0 saturated carbocycles. The lowest BCUT2D eigenvalue weighted by molar-refractivity contribution is -0.137. The molecule has 4 fully saturated rings. The molecule has 2 N–H and O–H groups in total. The molecule has 1 aromatic carbocycles. The molecule has 6 rings (SSSR count). The number of aryl methyl sites for hydroxylation is 1. The van der Waals surface area contributed by atoms with Gasteiger partial charge in [-0.1, -0.05) is 23.8 Å². The molecule has 2 unspecified atom stereocenters. The van der Waals surface area contributed by atoms with Gasteiger partial charge in [-0.15, -0.1) is 0 Å². The molecular weight excluding hydrogens is 300 g/mol. The zero-order chi connectivity index (χ0) is 16.3. The van der Waals surface area contributed by atoms with E-state index in [1.807, 2.05) is 6.20 Å². The van der Waals surface area contributed by atoms with E-state index in [0.29, 0.717) is 5.92 Å². The summed E-state index contributed by atoms with van der Waals surface area (Å²) in [4.78, 5) is 9.33. The first-order valence-corrected chi connectivity index (χ1v) is 8.92. The first-order chi connectivity index (χ1) is 11.6. The van der Waals surface area contributed by atoms with Crippen molar-refractivity contribution in [2.75, 3.05) is 31.1 Å². The van der Waals surface area contributed by atoms with E-state index in [0.717, 1.165) is 24.3 Å². The Bertz CT molecular complexity index is 786. The highest BCUT2D eigenvalue weighted by Crippen LogP contribution is 2.43. The molecule has 1 spiro atoms. The van der Waals surface area contributed by atoms with Crippen LogP contribution < -0.4 is 10.6 Å². The van der Waals surface area contributed by atoms with E-state index in [4.69, 9.17) is 10.5 Å². The summed E-state index contributed by atoms with van der Waals surface area (Å²) < 4.78 is 6.35. The number of ether oxygens (including phenoxy) is 1. The van der Waals surface area contributed by atoms with Gasteiger partial charge in [0.15, 0.2) is 6.35 Å². The van der Waals surface area contributed by atoms with Crippen molar-refractivity contribution < 1.29 is 4.74 Å². The molecule has 24 heavy (non-hydrogen) atoms. The number of hydrogen-bond acceptors (Lipinski definition) is 5. The summed E-state index contributed by atoms with van der Waals surface area (Å²) in [7, 11) is 0. The van der Waals surface area contributed by atoms with Crippen LogP contribution in [0.25, 0.3) is 10.8 Å². The predicted molar refractivity (Wildman–Crippen MR) is 94.8 cm³/mol. The van der Waals surface area contributed by atoms with Gasteiger partial charge in [0.1, 0.15) is 11.4 Å². The van der Waals surface area contributed by atoms with Crippen molar-refractivity contribution in [3.63, 3.8) is 0 Å². The lowest BCUT2D eigenvalue weighted by atomic mass is 9.75. The third-order valence-electron chi connectivity index (χ3n) is 6.08. The second-order valence-electron chi connectivity index (χ2n) is 7.64. The van der Waals surface area contributed by atoms with Crippen LogP contribution in [0.4, 0.5) is 5.82 Å². The number of pyridine rings is 1. The largest absolute Gasteiger partial charge is 0.335 e. The van der Waals surface area contributed by atoms with Crippen molar-refractivity contribution >= 4 is 16.6 Å². The van der Waals surface area contributed by atoms with Gasteiger partial charge in [0.25, 0.3) is 0 Å². The smallest absolute Gasteiger partial charge is 0.186 e. The summed E-state index contributed by atoms with van der Waals surface area (Å²) in [6, 6.07) is 8.59. The standard InChI is InChI=1S/C19H24N4O/c1-13-2-3-14-10-21-17(9-15(14)8-13)23-12-19(24-18(23)20)11-22-6-4-16(19)5-7-22/h2-3,8-10,16,18H,4-7,11-12,20H2,1H3. The Labute approximate surface area is 142 Å². The van der Waals surface area contributed by atoms with Crippen molar-refractivity contribution in [2.24, 2.45) is 11.7 Å². The topological polar surface area (TPSA) is 54.6 Å². The minimum atomic E-state index is -0.402. The van der Waals surface area contributed by atoms with Crippen molar-refractivity contribution in [1.29, 1.82) is 0 Å². The maximum Gasteiger partial charge on any atom is 0.186 e. The van der Waals surface area contributed by atoms with Crippen LogP contribution in [-0.4, -0.2) is 48.0 Å². The highest BCUT2D eigenvalue weighted by atomic mass is 16.6. The van der Waals surface area contributed by atoms with Crippen LogP contribution in [0.5, 0.6) is 0 Å². The number of rotatable bonds is 1. The number of anilines is 1. The molecule has 0 amide bonds. The monoisotopic (exact) mass is 324 g/mol. The fourth-order valence-corrected chi connectivity index (χ4v) is 4.77. The quantitative estimate of drug-likeness (QED) is 0.870. The number of nitrogens with two attached hydrogens (primary N) is 1. The second-order valence-corrected chi connectivity index (χ2v) is 7.64. The molecule has 2 bridgehead atoms. The Morgan fingerprint density at radius 1 is 1.17 bits per heavy atom. The zero-order valence-electron chi connectivity index (χ0n) is 14.1. The molecule has 1 aromatic heterocycles. The summed E-state index contributed by atoms with van der Waals surface area (Å²) in [5.74, 6) is 1.55. The highest BCUT2D eigenvalue weighted by molar-refractivity contribution is 5.84. The molecule has 5 nitrogen and oxygen atoms in total. The molecule has 4 aliphatic heterocycles. The van der Waals surface area contributed by atoms with Gasteiger partial charge in [0, 0.05) is 18.1 Å². The number of benzene rings is 1. The Hall–Kier alpha value is -1.69. The Morgan fingerprint density at radius 3 is 2.75 bits per heavy atom. The maximum absolute atomic E-state index is 6.37. The van der Waals surface area contributed by atoms with Gasteiger partial charge in [0.05, 0.1) is 6.54 Å². The third-order valence-corrected chi connectivity index (χ3v) is 6.08. The van der Waals surface area contributed by atoms with Crippen molar-refractivity contribution in [1.82, 2.24) is 9.88 Å². The molecule has 5 heterocycles. The van der Waals surface area contributed by atoms with Crippen molar-refractivity contribution in [2.45, 2.75) is 31.7 Å². The minimum Gasteiger partial charge on any atom is -0.335 e. The minimum absolute atomic E-state index is 0.112. The molecule has 2 aromatic rings. The van der Waals surface area contributed by atoms with E-state index < -0.39 is 6.35 Å². The highest BCUT2D eigenvalue weighted by Gasteiger charge is 2.54. The Morgan fingerprint density at radius 2 is 2.00 bits per heavy atom. The number of aromatic nitrogens is 1. The van der Waals surface area contributed by atoms with Gasteiger partial charge in [-0.2, -0.15) is 0 Å². The fraction of sp³-hybridized carbons (Fsp3) is 0.526. The molecule has 5 heteroatoms. The van der Waals surface area contributed by atoms with Crippen LogP contribution in [-0.2, 0) is 4.74 Å². The lowest BCUT2D eigenvalue weighted by Gasteiger charge is -2.50. The molecule has 0 aliphatic carbocycles. The number of piperidine rings is 3. The number of hydrogen-bond donors (Lipinski definition) is 1. The summed E-state index contributed by atoms with van der Waals surface area (Å²) in [5, 5.41) is 2.37. The predicted octanol–water partition coefficient (Wildman–Crippen LogP) is 2.09. The average Bonchev–Trinajstić information content (AvgIpc) is 2.91. The Kier molecular flexibility index (Phi) is 3.14. The van der Waals surface area contributed by atoms with Crippen LogP contribution in [0, 0.1) is 12.8 Å². The van der Waals surface area contributed by atoms with Crippen LogP contribution in [0.2, 0.25) is 0 Å². The third kappa shape index (κ3) is 2.15. The van der Waals surface area contributed by atoms with Crippen molar-refractivity contribution in [3.8, 4) is 0 Å². The molecule has 2 atom stereocenters. The van der Waals surface area contributed by atoms with E-state index in [1.54, 1.807) is 0 Å².